The summed E-state index contributed by atoms with van der Waals surface area (Å²) in [6.07, 6.45) is 0. The summed E-state index contributed by atoms with van der Waals surface area (Å²) in [5, 5.41) is 9.21. The molecule has 46 heavy (non-hydrogen) atoms. The predicted octanol–water partition coefficient (Wildman–Crippen LogP) is 12.8. The highest BCUT2D eigenvalue weighted by Crippen LogP contribution is 2.47. The lowest BCUT2D eigenvalue weighted by atomic mass is 9.84. The van der Waals surface area contributed by atoms with E-state index < -0.39 is 0 Å². The molecule has 2 heterocycles. The van der Waals surface area contributed by atoms with Crippen molar-refractivity contribution in [2.45, 2.75) is 0 Å². The minimum atomic E-state index is 0.835. The van der Waals surface area contributed by atoms with Gasteiger partial charge in [-0.3, -0.25) is 0 Å². The number of rotatable bonds is 3. The van der Waals surface area contributed by atoms with Crippen LogP contribution in [0.1, 0.15) is 0 Å². The van der Waals surface area contributed by atoms with Crippen molar-refractivity contribution < 1.29 is 8.83 Å². The largest absolute Gasteiger partial charge is 0.456 e. The summed E-state index contributed by atoms with van der Waals surface area (Å²) >= 11 is 0. The summed E-state index contributed by atoms with van der Waals surface area (Å²) in [6, 6.07) is 56.1. The van der Waals surface area contributed by atoms with Gasteiger partial charge in [-0.15, -0.1) is 0 Å². The zero-order valence-corrected chi connectivity index (χ0v) is 24.8. The molecule has 10 rings (SSSR count). The molecular formula is C44H26O2. The van der Waals surface area contributed by atoms with Gasteiger partial charge >= 0.3 is 0 Å². The third-order valence-corrected chi connectivity index (χ3v) is 9.48. The molecule has 0 fully saturated rings. The Labute approximate surface area is 264 Å². The van der Waals surface area contributed by atoms with Crippen LogP contribution in [0.2, 0.25) is 0 Å². The molecule has 2 heteroatoms. The van der Waals surface area contributed by atoms with Crippen LogP contribution in [0.4, 0.5) is 0 Å². The second-order valence-corrected chi connectivity index (χ2v) is 12.0. The lowest BCUT2D eigenvalue weighted by Gasteiger charge is -2.19. The van der Waals surface area contributed by atoms with Crippen molar-refractivity contribution in [2.75, 3.05) is 0 Å². The van der Waals surface area contributed by atoms with Gasteiger partial charge in [0.1, 0.15) is 22.3 Å². The third kappa shape index (κ3) is 3.59. The number of hydrogen-bond donors (Lipinski definition) is 0. The van der Waals surface area contributed by atoms with Crippen molar-refractivity contribution in [3.05, 3.63) is 158 Å². The van der Waals surface area contributed by atoms with Crippen LogP contribution in [-0.2, 0) is 0 Å². The van der Waals surface area contributed by atoms with E-state index in [1.54, 1.807) is 0 Å². The van der Waals surface area contributed by atoms with E-state index in [1.165, 1.54) is 49.4 Å². The van der Waals surface area contributed by atoms with Gasteiger partial charge in [-0.1, -0.05) is 127 Å². The third-order valence-electron chi connectivity index (χ3n) is 9.48. The lowest BCUT2D eigenvalue weighted by molar-refractivity contribution is 0.663. The molecule has 0 unspecified atom stereocenters. The van der Waals surface area contributed by atoms with Gasteiger partial charge in [0.25, 0.3) is 0 Å². The molecule has 0 aliphatic carbocycles. The fourth-order valence-corrected chi connectivity index (χ4v) is 7.50. The molecule has 0 bridgehead atoms. The summed E-state index contributed by atoms with van der Waals surface area (Å²) in [4.78, 5) is 0. The molecule has 214 valence electrons. The van der Waals surface area contributed by atoms with Gasteiger partial charge in [0.15, 0.2) is 0 Å². The van der Waals surface area contributed by atoms with Gasteiger partial charge in [-0.25, -0.2) is 0 Å². The summed E-state index contributed by atoms with van der Waals surface area (Å²) in [5.74, 6) is 0. The summed E-state index contributed by atoms with van der Waals surface area (Å²) < 4.78 is 12.9. The van der Waals surface area contributed by atoms with E-state index in [1.807, 2.05) is 12.1 Å². The molecule has 0 amide bonds. The van der Waals surface area contributed by atoms with Crippen LogP contribution in [0.5, 0.6) is 0 Å². The van der Waals surface area contributed by atoms with Crippen molar-refractivity contribution in [2.24, 2.45) is 0 Å². The van der Waals surface area contributed by atoms with Crippen LogP contribution >= 0.6 is 0 Å². The molecule has 2 nitrogen and oxygen atoms in total. The highest BCUT2D eigenvalue weighted by atomic mass is 16.3. The van der Waals surface area contributed by atoms with Gasteiger partial charge < -0.3 is 8.83 Å². The Bertz CT molecular complexity index is 2740. The topological polar surface area (TPSA) is 26.3 Å². The highest BCUT2D eigenvalue weighted by Gasteiger charge is 2.21. The predicted molar refractivity (Wildman–Crippen MR) is 192 cm³/mol. The standard InChI is InChI=1S/C44H26O2/c1-2-12-27(13-3-1)29-14-4-5-16-31(29)42-34-19-8-6-17-32(34)41(33-18-7-9-20-35(33)42)28-22-23-37-40(26-28)45-39-25-24-36-30-15-10-11-21-38(30)46-44(36)43(37)39/h1-26H. The summed E-state index contributed by atoms with van der Waals surface area (Å²) in [7, 11) is 0. The number of benzene rings is 8. The monoisotopic (exact) mass is 586 g/mol. The van der Waals surface area contributed by atoms with E-state index in [-0.39, 0.29) is 0 Å². The minimum Gasteiger partial charge on any atom is -0.456 e. The SMILES string of the molecule is c1ccc(-c2ccccc2-c2c3ccccc3c(-c3ccc4c(c3)oc3ccc5c6ccccc6oc5c34)c3ccccc23)cc1. The second kappa shape index (κ2) is 9.69. The van der Waals surface area contributed by atoms with E-state index >= 15 is 0 Å². The first-order chi connectivity index (χ1) is 22.8. The molecule has 10 aromatic rings. The molecule has 0 aliphatic heterocycles. The fourth-order valence-electron chi connectivity index (χ4n) is 7.50. The first kappa shape index (κ1) is 25.2. The highest BCUT2D eigenvalue weighted by molar-refractivity contribution is 6.25. The maximum absolute atomic E-state index is 6.54. The Hall–Kier alpha value is -6.12. The van der Waals surface area contributed by atoms with Crippen LogP contribution in [-0.4, -0.2) is 0 Å². The first-order valence-electron chi connectivity index (χ1n) is 15.7. The van der Waals surface area contributed by atoms with Gasteiger partial charge in [-0.2, -0.15) is 0 Å². The number of fused-ring (bicyclic) bond motifs is 9. The Morgan fingerprint density at radius 2 is 0.891 bits per heavy atom. The van der Waals surface area contributed by atoms with Crippen LogP contribution in [0.15, 0.2) is 167 Å². The van der Waals surface area contributed by atoms with Crippen molar-refractivity contribution in [1.29, 1.82) is 0 Å². The zero-order valence-electron chi connectivity index (χ0n) is 24.8. The fraction of sp³-hybridized carbons (Fsp3) is 0. The average molecular weight is 587 g/mol. The minimum absolute atomic E-state index is 0.835. The number of furan rings is 2. The average Bonchev–Trinajstić information content (AvgIpc) is 3.69. The Balaban J connectivity index is 1.26. The Kier molecular flexibility index (Phi) is 5.31. The summed E-state index contributed by atoms with van der Waals surface area (Å²) in [6.45, 7) is 0. The maximum atomic E-state index is 6.54. The van der Waals surface area contributed by atoms with Crippen molar-refractivity contribution in [3.8, 4) is 33.4 Å². The van der Waals surface area contributed by atoms with E-state index in [9.17, 15) is 0 Å². The van der Waals surface area contributed by atoms with Gasteiger partial charge in [0.05, 0.1) is 5.39 Å². The quantitative estimate of drug-likeness (QED) is 0.193. The molecule has 2 aromatic heterocycles. The summed E-state index contributed by atoms with van der Waals surface area (Å²) in [5.41, 5.74) is 10.7. The van der Waals surface area contributed by atoms with Gasteiger partial charge in [0, 0.05) is 16.2 Å². The Morgan fingerprint density at radius 3 is 1.63 bits per heavy atom. The molecule has 0 aliphatic rings. The van der Waals surface area contributed by atoms with E-state index in [0.29, 0.717) is 0 Å². The first-order valence-corrected chi connectivity index (χ1v) is 15.7. The normalized spacial score (nSPS) is 11.9. The van der Waals surface area contributed by atoms with E-state index in [0.717, 1.165) is 49.4 Å². The number of hydrogen-bond acceptors (Lipinski definition) is 2. The van der Waals surface area contributed by atoms with Crippen LogP contribution in [0, 0.1) is 0 Å². The molecule has 0 saturated heterocycles. The van der Waals surface area contributed by atoms with E-state index in [4.69, 9.17) is 8.83 Å². The zero-order chi connectivity index (χ0) is 30.2. The molecule has 0 N–H and O–H groups in total. The van der Waals surface area contributed by atoms with Gasteiger partial charge in [0.2, 0.25) is 0 Å². The van der Waals surface area contributed by atoms with E-state index in [2.05, 4.69) is 146 Å². The van der Waals surface area contributed by atoms with Crippen LogP contribution < -0.4 is 0 Å². The van der Waals surface area contributed by atoms with Crippen LogP contribution in [0.3, 0.4) is 0 Å². The van der Waals surface area contributed by atoms with Crippen molar-refractivity contribution >= 4 is 65.4 Å². The maximum Gasteiger partial charge on any atom is 0.147 e. The molecule has 0 atom stereocenters. The number of para-hydroxylation sites is 1. The lowest BCUT2D eigenvalue weighted by Crippen LogP contribution is -1.92. The van der Waals surface area contributed by atoms with Gasteiger partial charge in [-0.05, 0) is 85.3 Å². The molecule has 0 saturated carbocycles. The Morgan fingerprint density at radius 1 is 0.304 bits per heavy atom. The molecule has 0 radical (unpaired) electrons. The second-order valence-electron chi connectivity index (χ2n) is 12.0. The molecule has 0 spiro atoms. The molecule has 8 aromatic carbocycles. The van der Waals surface area contributed by atoms with Crippen molar-refractivity contribution in [3.63, 3.8) is 0 Å². The molecular weight excluding hydrogens is 560 g/mol. The van der Waals surface area contributed by atoms with Crippen molar-refractivity contribution in [1.82, 2.24) is 0 Å². The van der Waals surface area contributed by atoms with Crippen LogP contribution in [0.25, 0.3) is 98.8 Å². The smallest absolute Gasteiger partial charge is 0.147 e.